The van der Waals surface area contributed by atoms with Gasteiger partial charge in [0.1, 0.15) is 17.5 Å². The quantitative estimate of drug-likeness (QED) is 0.855. The molecule has 0 spiro atoms. The third kappa shape index (κ3) is 3.68. The van der Waals surface area contributed by atoms with Crippen molar-refractivity contribution in [2.45, 2.75) is 31.3 Å². The summed E-state index contributed by atoms with van der Waals surface area (Å²) in [4.78, 5) is 14.0. The Morgan fingerprint density at radius 3 is 2.54 bits per heavy atom. The van der Waals surface area contributed by atoms with Crippen molar-refractivity contribution in [2.24, 2.45) is 0 Å². The van der Waals surface area contributed by atoms with E-state index in [4.69, 9.17) is 9.47 Å². The summed E-state index contributed by atoms with van der Waals surface area (Å²) in [7, 11) is 3.25. The molecule has 1 N–H and O–H groups in total. The molecule has 5 nitrogen and oxygen atoms in total. The maximum absolute atomic E-state index is 11.9. The van der Waals surface area contributed by atoms with Crippen molar-refractivity contribution in [1.29, 1.82) is 0 Å². The first-order chi connectivity index (χ1) is 12.7. The fourth-order valence-electron chi connectivity index (χ4n) is 3.76. The van der Waals surface area contributed by atoms with E-state index in [-0.39, 0.29) is 6.04 Å². The SMILES string of the molecule is COc1ccc(C(c2ccccc2)N2CCCCC2C(=O)O)c(OC)c1. The van der Waals surface area contributed by atoms with Crippen LogP contribution in [0, 0.1) is 0 Å². The molecular weight excluding hydrogens is 330 g/mol. The number of aliphatic carboxylic acids is 1. The van der Waals surface area contributed by atoms with Crippen LogP contribution in [0.1, 0.15) is 36.4 Å². The minimum Gasteiger partial charge on any atom is -0.497 e. The van der Waals surface area contributed by atoms with Crippen LogP contribution in [0.25, 0.3) is 0 Å². The van der Waals surface area contributed by atoms with Crippen molar-refractivity contribution in [3.63, 3.8) is 0 Å². The van der Waals surface area contributed by atoms with Gasteiger partial charge in [-0.1, -0.05) is 36.8 Å². The number of benzene rings is 2. The van der Waals surface area contributed by atoms with Crippen LogP contribution in [0.2, 0.25) is 0 Å². The molecule has 1 aliphatic rings. The van der Waals surface area contributed by atoms with Gasteiger partial charge in [0.2, 0.25) is 0 Å². The number of carboxylic acid groups (broad SMARTS) is 1. The highest BCUT2D eigenvalue weighted by Crippen LogP contribution is 2.39. The van der Waals surface area contributed by atoms with Gasteiger partial charge < -0.3 is 14.6 Å². The van der Waals surface area contributed by atoms with E-state index in [2.05, 4.69) is 4.90 Å². The molecule has 0 bridgehead atoms. The molecule has 1 saturated heterocycles. The topological polar surface area (TPSA) is 59.0 Å². The molecule has 0 aliphatic carbocycles. The number of hydrogen-bond donors (Lipinski definition) is 1. The Balaban J connectivity index is 2.11. The van der Waals surface area contributed by atoms with Gasteiger partial charge in [-0.15, -0.1) is 0 Å². The summed E-state index contributed by atoms with van der Waals surface area (Å²) in [6.07, 6.45) is 2.59. The van der Waals surface area contributed by atoms with Crippen molar-refractivity contribution in [2.75, 3.05) is 20.8 Å². The summed E-state index contributed by atoms with van der Waals surface area (Å²) in [5.74, 6) is 0.650. The lowest BCUT2D eigenvalue weighted by Crippen LogP contribution is -2.46. The second-order valence-electron chi connectivity index (χ2n) is 6.51. The van der Waals surface area contributed by atoms with Gasteiger partial charge in [-0.3, -0.25) is 9.69 Å². The van der Waals surface area contributed by atoms with Crippen molar-refractivity contribution < 1.29 is 19.4 Å². The Kier molecular flexibility index (Phi) is 5.78. The van der Waals surface area contributed by atoms with Crippen LogP contribution in [-0.2, 0) is 4.79 Å². The molecular formula is C21H25NO4. The smallest absolute Gasteiger partial charge is 0.320 e. The van der Waals surface area contributed by atoms with E-state index in [1.54, 1.807) is 14.2 Å². The fourth-order valence-corrected chi connectivity index (χ4v) is 3.76. The van der Waals surface area contributed by atoms with Gasteiger partial charge in [-0.25, -0.2) is 0 Å². The summed E-state index contributed by atoms with van der Waals surface area (Å²) >= 11 is 0. The highest BCUT2D eigenvalue weighted by Gasteiger charge is 2.36. The van der Waals surface area contributed by atoms with E-state index in [0.717, 1.165) is 30.5 Å². The summed E-state index contributed by atoms with van der Waals surface area (Å²) in [6.45, 7) is 0.742. The van der Waals surface area contributed by atoms with Crippen LogP contribution >= 0.6 is 0 Å². The van der Waals surface area contributed by atoms with E-state index >= 15 is 0 Å². The lowest BCUT2D eigenvalue weighted by Gasteiger charge is -2.40. The monoisotopic (exact) mass is 355 g/mol. The lowest BCUT2D eigenvalue weighted by atomic mass is 9.91. The predicted octanol–water partition coefficient (Wildman–Crippen LogP) is 3.73. The number of carboxylic acids is 1. The minimum atomic E-state index is -0.766. The lowest BCUT2D eigenvalue weighted by molar-refractivity contribution is -0.145. The number of nitrogens with zero attached hydrogens (tertiary/aromatic N) is 1. The van der Waals surface area contributed by atoms with E-state index in [1.807, 2.05) is 48.5 Å². The van der Waals surface area contributed by atoms with E-state index < -0.39 is 12.0 Å². The van der Waals surface area contributed by atoms with Crippen molar-refractivity contribution in [3.8, 4) is 11.5 Å². The number of likely N-dealkylation sites (tertiary alicyclic amines) is 1. The summed E-state index contributed by atoms with van der Waals surface area (Å²) in [6, 6.07) is 15.1. The van der Waals surface area contributed by atoms with Gasteiger partial charge in [0, 0.05) is 11.6 Å². The van der Waals surface area contributed by atoms with E-state index in [1.165, 1.54) is 0 Å². The summed E-state index contributed by atoms with van der Waals surface area (Å²) < 4.78 is 10.9. The highest BCUT2D eigenvalue weighted by atomic mass is 16.5. The number of hydrogen-bond acceptors (Lipinski definition) is 4. The Morgan fingerprint density at radius 2 is 1.88 bits per heavy atom. The molecule has 2 aromatic rings. The number of carbonyl (C=O) groups is 1. The van der Waals surface area contributed by atoms with Crippen LogP contribution in [0.15, 0.2) is 48.5 Å². The number of methoxy groups -OCH3 is 2. The van der Waals surface area contributed by atoms with Crippen LogP contribution in [-0.4, -0.2) is 42.8 Å². The molecule has 1 aliphatic heterocycles. The maximum Gasteiger partial charge on any atom is 0.320 e. The number of ether oxygens (including phenoxy) is 2. The molecule has 2 atom stereocenters. The zero-order valence-corrected chi connectivity index (χ0v) is 15.2. The Labute approximate surface area is 154 Å². The number of piperidine rings is 1. The first-order valence-electron chi connectivity index (χ1n) is 8.91. The molecule has 1 fully saturated rings. The van der Waals surface area contributed by atoms with Gasteiger partial charge in [-0.2, -0.15) is 0 Å². The second-order valence-corrected chi connectivity index (χ2v) is 6.51. The average molecular weight is 355 g/mol. The minimum absolute atomic E-state index is 0.182. The maximum atomic E-state index is 11.9. The van der Waals surface area contributed by atoms with Crippen molar-refractivity contribution in [3.05, 3.63) is 59.7 Å². The van der Waals surface area contributed by atoms with Crippen LogP contribution in [0.5, 0.6) is 11.5 Å². The van der Waals surface area contributed by atoms with Crippen LogP contribution < -0.4 is 9.47 Å². The van der Waals surface area contributed by atoms with Gasteiger partial charge in [0.25, 0.3) is 0 Å². The highest BCUT2D eigenvalue weighted by molar-refractivity contribution is 5.73. The third-order valence-corrected chi connectivity index (χ3v) is 5.01. The molecule has 2 unspecified atom stereocenters. The zero-order chi connectivity index (χ0) is 18.5. The Bertz CT molecular complexity index is 747. The Hall–Kier alpha value is -2.53. The van der Waals surface area contributed by atoms with Crippen molar-refractivity contribution in [1.82, 2.24) is 4.90 Å². The third-order valence-electron chi connectivity index (χ3n) is 5.01. The standard InChI is InChI=1S/C21H25NO4/c1-25-16-11-12-17(19(14-16)26-2)20(15-8-4-3-5-9-15)22-13-7-6-10-18(22)21(23)24/h3-5,8-9,11-12,14,18,20H,6-7,10,13H2,1-2H3,(H,23,24). The fraction of sp³-hybridized carbons (Fsp3) is 0.381. The van der Waals surface area contributed by atoms with Crippen LogP contribution in [0.4, 0.5) is 0 Å². The normalized spacial score (nSPS) is 18.9. The Morgan fingerprint density at radius 1 is 1.12 bits per heavy atom. The van der Waals surface area contributed by atoms with Gasteiger partial charge in [-0.05, 0) is 37.1 Å². The van der Waals surface area contributed by atoms with Gasteiger partial charge in [0.15, 0.2) is 0 Å². The van der Waals surface area contributed by atoms with E-state index in [0.29, 0.717) is 17.9 Å². The predicted molar refractivity (Wildman–Crippen MR) is 99.8 cm³/mol. The largest absolute Gasteiger partial charge is 0.497 e. The molecule has 0 amide bonds. The molecule has 1 heterocycles. The van der Waals surface area contributed by atoms with Gasteiger partial charge >= 0.3 is 5.97 Å². The average Bonchev–Trinajstić information content (AvgIpc) is 2.69. The molecule has 0 aromatic heterocycles. The zero-order valence-electron chi connectivity index (χ0n) is 15.2. The molecule has 3 rings (SSSR count). The summed E-state index contributed by atoms with van der Waals surface area (Å²) in [5.41, 5.74) is 2.01. The number of rotatable bonds is 6. The molecule has 138 valence electrons. The van der Waals surface area contributed by atoms with E-state index in [9.17, 15) is 9.90 Å². The first kappa shape index (κ1) is 18.3. The van der Waals surface area contributed by atoms with Gasteiger partial charge in [0.05, 0.1) is 20.3 Å². The first-order valence-corrected chi connectivity index (χ1v) is 8.91. The summed E-state index contributed by atoms with van der Waals surface area (Å²) in [5, 5.41) is 9.77. The molecule has 0 saturated carbocycles. The van der Waals surface area contributed by atoms with Crippen LogP contribution in [0.3, 0.4) is 0 Å². The van der Waals surface area contributed by atoms with Crippen molar-refractivity contribution >= 4 is 5.97 Å². The molecule has 0 radical (unpaired) electrons. The molecule has 5 heteroatoms. The molecule has 2 aromatic carbocycles. The second kappa shape index (κ2) is 8.23. The molecule has 26 heavy (non-hydrogen) atoms.